The second-order valence-electron chi connectivity index (χ2n) is 3.77. The third-order valence-electron chi connectivity index (χ3n) is 2.44. The first-order valence-corrected chi connectivity index (χ1v) is 6.17. The zero-order valence-electron chi connectivity index (χ0n) is 9.91. The van der Waals surface area contributed by atoms with Crippen molar-refractivity contribution >= 4 is 33.2 Å². The number of anilines is 1. The smallest absolute Gasteiger partial charge is 0.404 e. The normalized spacial score (nSPS) is 10.2. The first-order valence-electron chi connectivity index (χ1n) is 5.38. The molecule has 1 aromatic heterocycles. The number of nitrogens with one attached hydrogen (secondary N) is 1. The van der Waals surface area contributed by atoms with Gasteiger partial charge in [0.2, 0.25) is 0 Å². The van der Waals surface area contributed by atoms with E-state index in [1.165, 1.54) is 18.2 Å². The van der Waals surface area contributed by atoms with Crippen LogP contribution >= 0.6 is 15.9 Å². The van der Waals surface area contributed by atoms with E-state index in [4.69, 9.17) is 4.42 Å². The summed E-state index contributed by atoms with van der Waals surface area (Å²) in [7, 11) is 0. The number of nitro groups is 2. The van der Waals surface area contributed by atoms with Crippen molar-refractivity contribution in [1.82, 2.24) is 0 Å². The molecule has 0 saturated carbocycles. The molecule has 0 aliphatic rings. The van der Waals surface area contributed by atoms with Gasteiger partial charge in [0.15, 0.2) is 0 Å². The molecule has 20 heavy (non-hydrogen) atoms. The number of nitrogens with zero attached hydrogens (tertiary/aromatic N) is 2. The van der Waals surface area contributed by atoms with E-state index in [9.17, 15) is 20.2 Å². The highest BCUT2D eigenvalue weighted by Crippen LogP contribution is 2.28. The minimum Gasteiger partial charge on any atom is -0.404 e. The quantitative estimate of drug-likeness (QED) is 0.658. The number of rotatable bonds is 5. The van der Waals surface area contributed by atoms with Crippen molar-refractivity contribution in [2.24, 2.45) is 0 Å². The van der Waals surface area contributed by atoms with E-state index in [1.54, 1.807) is 12.1 Å². The summed E-state index contributed by atoms with van der Waals surface area (Å²) in [5, 5.41) is 24.1. The van der Waals surface area contributed by atoms with Gasteiger partial charge in [-0.1, -0.05) is 0 Å². The van der Waals surface area contributed by atoms with E-state index in [1.807, 2.05) is 0 Å². The van der Waals surface area contributed by atoms with Crippen LogP contribution in [0.25, 0.3) is 0 Å². The Morgan fingerprint density at radius 2 is 1.90 bits per heavy atom. The highest BCUT2D eigenvalue weighted by atomic mass is 79.9. The highest BCUT2D eigenvalue weighted by molar-refractivity contribution is 9.10. The minimum absolute atomic E-state index is 0.0378. The summed E-state index contributed by atoms with van der Waals surface area (Å²) in [6, 6.07) is 7.21. The van der Waals surface area contributed by atoms with Crippen LogP contribution in [0.4, 0.5) is 17.3 Å². The van der Waals surface area contributed by atoms with Crippen molar-refractivity contribution in [1.29, 1.82) is 0 Å². The zero-order chi connectivity index (χ0) is 14.7. The van der Waals surface area contributed by atoms with Gasteiger partial charge in [-0.05, 0) is 34.1 Å². The van der Waals surface area contributed by atoms with Crippen LogP contribution in [0.2, 0.25) is 0 Å². The van der Waals surface area contributed by atoms with E-state index in [0.717, 1.165) is 0 Å². The van der Waals surface area contributed by atoms with Crippen LogP contribution in [0.5, 0.6) is 0 Å². The summed E-state index contributed by atoms with van der Waals surface area (Å²) in [6.07, 6.45) is 0. The molecule has 0 amide bonds. The third kappa shape index (κ3) is 3.12. The maximum atomic E-state index is 10.7. The molecule has 1 aromatic carbocycles. The molecule has 0 aliphatic heterocycles. The van der Waals surface area contributed by atoms with E-state index >= 15 is 0 Å². The maximum Gasteiger partial charge on any atom is 0.433 e. The van der Waals surface area contributed by atoms with Crippen LogP contribution in [0, 0.1) is 20.2 Å². The summed E-state index contributed by atoms with van der Waals surface area (Å²) in [5.41, 5.74) is 0.589. The predicted molar refractivity (Wildman–Crippen MR) is 73.5 cm³/mol. The van der Waals surface area contributed by atoms with Gasteiger partial charge in [0, 0.05) is 11.8 Å². The van der Waals surface area contributed by atoms with Crippen LogP contribution in [0.1, 0.15) is 5.76 Å². The molecule has 104 valence electrons. The SMILES string of the molecule is O=[N+]([O-])c1ccc(CNc2ccc([N+](=O)[O-])c(Br)c2)o1. The Balaban J connectivity index is 2.05. The summed E-state index contributed by atoms with van der Waals surface area (Å²) >= 11 is 3.10. The summed E-state index contributed by atoms with van der Waals surface area (Å²) in [4.78, 5) is 20.0. The first-order chi connectivity index (χ1) is 9.47. The molecular weight excluding hydrogens is 334 g/mol. The van der Waals surface area contributed by atoms with Gasteiger partial charge in [-0.15, -0.1) is 0 Å². The minimum atomic E-state index is -0.619. The molecular formula is C11H8BrN3O5. The van der Waals surface area contributed by atoms with Crippen molar-refractivity contribution in [3.05, 3.63) is 60.8 Å². The van der Waals surface area contributed by atoms with Crippen molar-refractivity contribution in [3.63, 3.8) is 0 Å². The lowest BCUT2D eigenvalue weighted by Gasteiger charge is -2.04. The van der Waals surface area contributed by atoms with Gasteiger partial charge in [0.05, 0.1) is 22.0 Å². The highest BCUT2D eigenvalue weighted by Gasteiger charge is 2.13. The summed E-state index contributed by atoms with van der Waals surface area (Å²) in [6.45, 7) is 0.234. The van der Waals surface area contributed by atoms with Crippen LogP contribution in [-0.4, -0.2) is 9.85 Å². The molecule has 0 aliphatic carbocycles. The molecule has 0 bridgehead atoms. The number of nitro benzene ring substituents is 1. The van der Waals surface area contributed by atoms with E-state index in [0.29, 0.717) is 15.9 Å². The average molecular weight is 342 g/mol. The molecule has 1 heterocycles. The molecule has 8 nitrogen and oxygen atoms in total. The summed E-state index contributed by atoms with van der Waals surface area (Å²) < 4.78 is 5.32. The van der Waals surface area contributed by atoms with Crippen LogP contribution < -0.4 is 5.32 Å². The van der Waals surface area contributed by atoms with E-state index in [2.05, 4.69) is 21.2 Å². The van der Waals surface area contributed by atoms with Crippen molar-refractivity contribution in [2.45, 2.75) is 6.54 Å². The third-order valence-corrected chi connectivity index (χ3v) is 3.07. The van der Waals surface area contributed by atoms with Crippen LogP contribution in [0.15, 0.2) is 39.2 Å². The molecule has 0 fully saturated rings. The lowest BCUT2D eigenvalue weighted by molar-refractivity contribution is -0.402. The molecule has 0 saturated heterocycles. The molecule has 0 spiro atoms. The Morgan fingerprint density at radius 3 is 2.45 bits per heavy atom. The molecule has 0 radical (unpaired) electrons. The Labute approximate surface area is 120 Å². The first kappa shape index (κ1) is 14.0. The van der Waals surface area contributed by atoms with Crippen molar-refractivity contribution < 1.29 is 14.3 Å². The predicted octanol–water partition coefficient (Wildman–Crippen LogP) is 3.47. The van der Waals surface area contributed by atoms with Crippen molar-refractivity contribution in [3.8, 4) is 0 Å². The molecule has 9 heteroatoms. The fraction of sp³-hybridized carbons (Fsp3) is 0.0909. The number of furan rings is 1. The van der Waals surface area contributed by atoms with Gasteiger partial charge in [0.25, 0.3) is 5.69 Å². The van der Waals surface area contributed by atoms with Gasteiger partial charge in [-0.2, -0.15) is 0 Å². The molecule has 1 N–H and O–H groups in total. The number of benzene rings is 1. The summed E-state index contributed by atoms with van der Waals surface area (Å²) in [5.74, 6) is 0.0675. The largest absolute Gasteiger partial charge is 0.433 e. The Morgan fingerprint density at radius 1 is 1.15 bits per heavy atom. The maximum absolute atomic E-state index is 10.7. The van der Waals surface area contributed by atoms with Gasteiger partial charge in [0.1, 0.15) is 10.7 Å². The topological polar surface area (TPSA) is 111 Å². The van der Waals surface area contributed by atoms with E-state index < -0.39 is 9.85 Å². The monoisotopic (exact) mass is 341 g/mol. The Hall–Kier alpha value is -2.42. The molecule has 0 unspecified atom stereocenters. The zero-order valence-corrected chi connectivity index (χ0v) is 11.5. The fourth-order valence-corrected chi connectivity index (χ4v) is 2.04. The number of halogens is 1. The average Bonchev–Trinajstić information content (AvgIpc) is 2.85. The second-order valence-corrected chi connectivity index (χ2v) is 4.63. The van der Waals surface area contributed by atoms with Gasteiger partial charge < -0.3 is 9.73 Å². The van der Waals surface area contributed by atoms with E-state index in [-0.39, 0.29) is 18.1 Å². The lowest BCUT2D eigenvalue weighted by atomic mass is 10.3. The van der Waals surface area contributed by atoms with Gasteiger partial charge in [-0.25, -0.2) is 0 Å². The standard InChI is InChI=1S/C11H8BrN3O5/c12-9-5-7(1-3-10(9)14(16)17)13-6-8-2-4-11(20-8)15(18)19/h1-5,13H,6H2. The number of hydrogen-bond acceptors (Lipinski definition) is 6. The van der Waals surface area contributed by atoms with Crippen LogP contribution in [0.3, 0.4) is 0 Å². The second kappa shape index (κ2) is 5.70. The Kier molecular flexibility index (Phi) is 3.99. The van der Waals surface area contributed by atoms with Gasteiger partial charge >= 0.3 is 5.88 Å². The van der Waals surface area contributed by atoms with Crippen LogP contribution in [-0.2, 0) is 6.54 Å². The molecule has 2 aromatic rings. The number of hydrogen-bond donors (Lipinski definition) is 1. The van der Waals surface area contributed by atoms with Gasteiger partial charge in [-0.3, -0.25) is 20.2 Å². The lowest BCUT2D eigenvalue weighted by Crippen LogP contribution is -1.99. The fourth-order valence-electron chi connectivity index (χ4n) is 1.51. The molecule has 0 atom stereocenters. The molecule has 2 rings (SSSR count). The van der Waals surface area contributed by atoms with Crippen molar-refractivity contribution in [2.75, 3.05) is 5.32 Å². The Bertz CT molecular complexity index is 670.